The zero-order valence-electron chi connectivity index (χ0n) is 12.1. The minimum atomic E-state index is -0.0872. The molecule has 0 aliphatic rings. The Hall–Kier alpha value is -1.54. The van der Waals surface area contributed by atoms with Gasteiger partial charge in [0.2, 0.25) is 5.91 Å². The Morgan fingerprint density at radius 3 is 2.81 bits per heavy atom. The van der Waals surface area contributed by atoms with Gasteiger partial charge in [0.25, 0.3) is 0 Å². The smallest absolute Gasteiger partial charge is 0.241 e. The summed E-state index contributed by atoms with van der Waals surface area (Å²) in [6, 6.07) is 0. The maximum absolute atomic E-state index is 11.9. The van der Waals surface area contributed by atoms with Gasteiger partial charge in [0, 0.05) is 19.3 Å². The van der Waals surface area contributed by atoms with E-state index in [1.54, 1.807) is 22.8 Å². The molecule has 0 aliphatic heterocycles. The van der Waals surface area contributed by atoms with Crippen molar-refractivity contribution >= 4 is 29.3 Å². The monoisotopic (exact) mass is 328 g/mol. The number of carbonyl (C=O) groups is 1. The van der Waals surface area contributed by atoms with Gasteiger partial charge in [0.15, 0.2) is 5.16 Å². The standard InChI is InChI=1S/C12H17ClN6OS/c1-8-11(13)9(2)19(17-8)6-10(20)14-4-5-21-12-16-15-7-18(12)3/h7H,4-6H2,1-3H3,(H,14,20). The van der Waals surface area contributed by atoms with Gasteiger partial charge in [-0.05, 0) is 13.8 Å². The van der Waals surface area contributed by atoms with Gasteiger partial charge in [0.1, 0.15) is 12.9 Å². The van der Waals surface area contributed by atoms with Crippen molar-refractivity contribution in [3.8, 4) is 0 Å². The van der Waals surface area contributed by atoms with Crippen LogP contribution in [0.15, 0.2) is 11.5 Å². The maximum Gasteiger partial charge on any atom is 0.241 e. The highest BCUT2D eigenvalue weighted by Crippen LogP contribution is 2.18. The molecule has 0 saturated carbocycles. The van der Waals surface area contributed by atoms with Crippen LogP contribution in [0, 0.1) is 13.8 Å². The highest BCUT2D eigenvalue weighted by molar-refractivity contribution is 7.99. The lowest BCUT2D eigenvalue weighted by atomic mass is 10.4. The van der Waals surface area contributed by atoms with Crippen molar-refractivity contribution in [1.29, 1.82) is 0 Å². The third-order valence-electron chi connectivity index (χ3n) is 2.91. The Balaban J connectivity index is 1.75. The van der Waals surface area contributed by atoms with Crippen LogP contribution in [0.25, 0.3) is 0 Å². The summed E-state index contributed by atoms with van der Waals surface area (Å²) in [4.78, 5) is 11.9. The second-order valence-electron chi connectivity index (χ2n) is 4.57. The molecule has 0 aromatic carbocycles. The molecule has 0 radical (unpaired) electrons. The molecule has 2 rings (SSSR count). The second-order valence-corrected chi connectivity index (χ2v) is 6.01. The first-order valence-electron chi connectivity index (χ1n) is 6.42. The lowest BCUT2D eigenvalue weighted by molar-refractivity contribution is -0.121. The number of nitrogens with zero attached hydrogens (tertiary/aromatic N) is 5. The molecule has 0 atom stereocenters. The van der Waals surface area contributed by atoms with Gasteiger partial charge < -0.3 is 9.88 Å². The van der Waals surface area contributed by atoms with Crippen LogP contribution in [-0.4, -0.2) is 42.7 Å². The quantitative estimate of drug-likeness (QED) is 0.636. The molecule has 21 heavy (non-hydrogen) atoms. The molecule has 0 spiro atoms. The summed E-state index contributed by atoms with van der Waals surface area (Å²) in [5.74, 6) is 0.645. The molecular formula is C12H17ClN6OS. The fourth-order valence-corrected chi connectivity index (χ4v) is 2.63. The van der Waals surface area contributed by atoms with E-state index in [1.165, 1.54) is 0 Å². The Kier molecular flexibility index (Phi) is 5.24. The summed E-state index contributed by atoms with van der Waals surface area (Å²) >= 11 is 7.59. The number of amides is 1. The number of aryl methyl sites for hydroxylation is 2. The van der Waals surface area contributed by atoms with Crippen molar-refractivity contribution < 1.29 is 4.79 Å². The molecule has 1 amide bonds. The number of rotatable bonds is 6. The van der Waals surface area contributed by atoms with Crippen LogP contribution >= 0.6 is 23.4 Å². The first-order valence-corrected chi connectivity index (χ1v) is 7.78. The Bertz CT molecular complexity index is 638. The van der Waals surface area contributed by atoms with Crippen molar-refractivity contribution in [1.82, 2.24) is 29.9 Å². The van der Waals surface area contributed by atoms with Crippen LogP contribution in [0.3, 0.4) is 0 Å². The number of hydrogen-bond acceptors (Lipinski definition) is 5. The topological polar surface area (TPSA) is 77.6 Å². The Morgan fingerprint density at radius 2 is 2.24 bits per heavy atom. The van der Waals surface area contributed by atoms with Crippen molar-refractivity contribution in [3.05, 3.63) is 22.7 Å². The largest absolute Gasteiger partial charge is 0.354 e. The van der Waals surface area contributed by atoms with Crippen LogP contribution in [-0.2, 0) is 18.4 Å². The number of nitrogens with one attached hydrogen (secondary N) is 1. The van der Waals surface area contributed by atoms with E-state index in [9.17, 15) is 4.79 Å². The van der Waals surface area contributed by atoms with Crippen molar-refractivity contribution in [2.75, 3.05) is 12.3 Å². The second kappa shape index (κ2) is 6.95. The minimum absolute atomic E-state index is 0.0872. The molecule has 0 aliphatic carbocycles. The summed E-state index contributed by atoms with van der Waals surface area (Å²) in [6.45, 7) is 4.40. The normalized spacial score (nSPS) is 10.9. The molecule has 2 aromatic heterocycles. The van der Waals surface area contributed by atoms with Gasteiger partial charge >= 0.3 is 0 Å². The minimum Gasteiger partial charge on any atom is -0.354 e. The highest BCUT2D eigenvalue weighted by Gasteiger charge is 2.11. The molecule has 0 saturated heterocycles. The summed E-state index contributed by atoms with van der Waals surface area (Å²) in [5, 5.41) is 16.3. The molecule has 1 N–H and O–H groups in total. The highest BCUT2D eigenvalue weighted by atomic mass is 35.5. The van der Waals surface area contributed by atoms with Crippen LogP contribution in [0.4, 0.5) is 0 Å². The lowest BCUT2D eigenvalue weighted by Crippen LogP contribution is -2.30. The summed E-state index contributed by atoms with van der Waals surface area (Å²) in [6.07, 6.45) is 1.65. The van der Waals surface area contributed by atoms with Crippen molar-refractivity contribution in [2.45, 2.75) is 25.5 Å². The molecule has 0 fully saturated rings. The van der Waals surface area contributed by atoms with Gasteiger partial charge in [-0.25, -0.2) is 0 Å². The maximum atomic E-state index is 11.9. The molecule has 2 heterocycles. The number of halogens is 1. The molecular weight excluding hydrogens is 312 g/mol. The molecule has 7 nitrogen and oxygen atoms in total. The fourth-order valence-electron chi connectivity index (χ4n) is 1.76. The van der Waals surface area contributed by atoms with Gasteiger partial charge in [0.05, 0.1) is 16.4 Å². The SMILES string of the molecule is Cc1nn(CC(=O)NCCSc2nncn2C)c(C)c1Cl. The molecule has 0 bridgehead atoms. The third-order valence-corrected chi connectivity index (χ3v) is 4.49. The number of carbonyl (C=O) groups excluding carboxylic acids is 1. The van der Waals surface area contributed by atoms with E-state index in [2.05, 4.69) is 20.6 Å². The zero-order valence-corrected chi connectivity index (χ0v) is 13.7. The van der Waals surface area contributed by atoms with E-state index >= 15 is 0 Å². The van der Waals surface area contributed by atoms with E-state index in [4.69, 9.17) is 11.6 Å². The van der Waals surface area contributed by atoms with Crippen LogP contribution in [0.1, 0.15) is 11.4 Å². The molecule has 114 valence electrons. The zero-order chi connectivity index (χ0) is 15.4. The van der Waals surface area contributed by atoms with E-state index in [1.807, 2.05) is 25.5 Å². The van der Waals surface area contributed by atoms with Crippen LogP contribution in [0.5, 0.6) is 0 Å². The van der Waals surface area contributed by atoms with E-state index in [0.29, 0.717) is 11.6 Å². The molecule has 2 aromatic rings. The predicted molar refractivity (Wildman–Crippen MR) is 81.4 cm³/mol. The van der Waals surface area contributed by atoms with E-state index in [-0.39, 0.29) is 12.5 Å². The van der Waals surface area contributed by atoms with E-state index in [0.717, 1.165) is 22.3 Å². The lowest BCUT2D eigenvalue weighted by Gasteiger charge is -2.06. The number of hydrogen-bond donors (Lipinski definition) is 1. The Morgan fingerprint density at radius 1 is 1.48 bits per heavy atom. The first kappa shape index (κ1) is 15.8. The molecule has 9 heteroatoms. The van der Waals surface area contributed by atoms with Crippen LogP contribution < -0.4 is 5.32 Å². The Labute approximate surface area is 132 Å². The van der Waals surface area contributed by atoms with E-state index < -0.39 is 0 Å². The summed E-state index contributed by atoms with van der Waals surface area (Å²) < 4.78 is 3.45. The van der Waals surface area contributed by atoms with Gasteiger partial charge in [-0.3, -0.25) is 9.48 Å². The average molecular weight is 329 g/mol. The van der Waals surface area contributed by atoms with Gasteiger partial charge in [-0.15, -0.1) is 10.2 Å². The average Bonchev–Trinajstić information content (AvgIpc) is 2.95. The van der Waals surface area contributed by atoms with Crippen LogP contribution in [0.2, 0.25) is 5.02 Å². The number of aromatic nitrogens is 5. The summed E-state index contributed by atoms with van der Waals surface area (Å²) in [7, 11) is 1.88. The number of thioether (sulfide) groups is 1. The summed E-state index contributed by atoms with van der Waals surface area (Å²) in [5.41, 5.74) is 1.54. The third kappa shape index (κ3) is 3.98. The van der Waals surface area contributed by atoms with Crippen molar-refractivity contribution in [2.24, 2.45) is 7.05 Å². The molecule has 0 unspecified atom stereocenters. The van der Waals surface area contributed by atoms with Gasteiger partial charge in [-0.1, -0.05) is 23.4 Å². The first-order chi connectivity index (χ1) is 9.99. The predicted octanol–water partition coefficient (Wildman–Crippen LogP) is 1.19. The van der Waals surface area contributed by atoms with Crippen molar-refractivity contribution in [3.63, 3.8) is 0 Å². The fraction of sp³-hybridized carbons (Fsp3) is 0.500. The van der Waals surface area contributed by atoms with Gasteiger partial charge in [-0.2, -0.15) is 5.10 Å².